The highest BCUT2D eigenvalue weighted by atomic mass is 19.4. The highest BCUT2D eigenvalue weighted by Gasteiger charge is 2.43. The lowest BCUT2D eigenvalue weighted by Crippen LogP contribution is -2.49. The van der Waals surface area contributed by atoms with Crippen LogP contribution in [0.5, 0.6) is 0 Å². The number of nitrogens with zero attached hydrogens (tertiary/aromatic N) is 1. The van der Waals surface area contributed by atoms with Gasteiger partial charge in [0.25, 0.3) is 0 Å². The molecule has 2 rings (SSSR count). The average Bonchev–Trinajstić information content (AvgIpc) is 2.29. The van der Waals surface area contributed by atoms with Crippen molar-refractivity contribution in [2.24, 2.45) is 0 Å². The van der Waals surface area contributed by atoms with Gasteiger partial charge in [-0.25, -0.2) is 0 Å². The second-order valence-corrected chi connectivity index (χ2v) is 3.61. The minimum atomic E-state index is -4.29. The number of rotatable bonds is 1. The minimum absolute atomic E-state index is 0.1000. The zero-order chi connectivity index (χ0) is 11.6. The van der Waals surface area contributed by atoms with E-state index in [9.17, 15) is 13.2 Å². The Labute approximate surface area is 91.6 Å². The third kappa shape index (κ3) is 2.47. The van der Waals surface area contributed by atoms with E-state index in [0.29, 0.717) is 6.54 Å². The first-order valence-corrected chi connectivity index (χ1v) is 4.97. The van der Waals surface area contributed by atoms with Crippen molar-refractivity contribution in [2.45, 2.75) is 12.3 Å². The van der Waals surface area contributed by atoms with Crippen molar-refractivity contribution in [3.63, 3.8) is 0 Å². The van der Waals surface area contributed by atoms with Gasteiger partial charge in [-0.15, -0.1) is 0 Å². The van der Waals surface area contributed by atoms with Gasteiger partial charge in [0.05, 0.1) is 13.2 Å². The monoisotopic (exact) mass is 230 g/mol. The van der Waals surface area contributed by atoms with Crippen molar-refractivity contribution in [3.05, 3.63) is 30.3 Å². The van der Waals surface area contributed by atoms with Gasteiger partial charge in [-0.1, -0.05) is 12.1 Å². The van der Waals surface area contributed by atoms with Crippen LogP contribution in [-0.2, 0) is 4.74 Å². The Hall–Kier alpha value is -1.23. The van der Waals surface area contributed by atoms with E-state index in [4.69, 9.17) is 4.74 Å². The summed E-state index contributed by atoms with van der Waals surface area (Å²) in [6, 6.07) is 9.71. The summed E-state index contributed by atoms with van der Waals surface area (Å²) in [7, 11) is 0. The number of alkyl halides is 3. The third-order valence-electron chi connectivity index (χ3n) is 2.50. The van der Waals surface area contributed by atoms with Gasteiger partial charge in [-0.3, -0.25) is 0 Å². The van der Waals surface area contributed by atoms with E-state index in [0.717, 1.165) is 5.69 Å². The van der Waals surface area contributed by atoms with Gasteiger partial charge < -0.3 is 9.64 Å². The first-order valence-electron chi connectivity index (χ1n) is 4.97. The molecule has 0 aliphatic carbocycles. The third-order valence-corrected chi connectivity index (χ3v) is 2.50. The van der Waals surface area contributed by atoms with Crippen LogP contribution in [-0.4, -0.2) is 32.0 Å². The minimum Gasteiger partial charge on any atom is -0.366 e. The molecule has 1 radical (unpaired) electrons. The molecule has 0 aromatic heterocycles. The molecule has 1 saturated heterocycles. The van der Waals surface area contributed by atoms with Crippen molar-refractivity contribution in [1.82, 2.24) is 0 Å². The molecule has 0 bridgehead atoms. The van der Waals surface area contributed by atoms with E-state index >= 15 is 0 Å². The van der Waals surface area contributed by atoms with E-state index < -0.39 is 12.3 Å². The Bertz CT molecular complexity index is 339. The van der Waals surface area contributed by atoms with Crippen LogP contribution in [0.25, 0.3) is 0 Å². The second kappa shape index (κ2) is 4.33. The van der Waals surface area contributed by atoms with Gasteiger partial charge in [-0.2, -0.15) is 13.2 Å². The van der Waals surface area contributed by atoms with Crippen LogP contribution >= 0.6 is 0 Å². The van der Waals surface area contributed by atoms with Crippen LogP contribution in [0.3, 0.4) is 0 Å². The molecule has 1 atom stereocenters. The molecule has 0 amide bonds. The summed E-state index contributed by atoms with van der Waals surface area (Å²) >= 11 is 0. The molecule has 1 aliphatic heterocycles. The maximum absolute atomic E-state index is 12.5. The standard InChI is InChI=1S/C11H11F3NO/c12-11(13,14)10-8-15(6-7-16-10)9-4-2-1-3-5-9/h2-5,10H,6-8H2. The lowest BCUT2D eigenvalue weighted by Gasteiger charge is -2.35. The van der Waals surface area contributed by atoms with Crippen LogP contribution in [0.4, 0.5) is 18.9 Å². The van der Waals surface area contributed by atoms with E-state index in [-0.39, 0.29) is 13.2 Å². The van der Waals surface area contributed by atoms with E-state index in [1.807, 2.05) is 0 Å². The van der Waals surface area contributed by atoms with E-state index in [2.05, 4.69) is 6.07 Å². The number of benzene rings is 1. The van der Waals surface area contributed by atoms with Gasteiger partial charge in [0.2, 0.25) is 0 Å². The zero-order valence-electron chi connectivity index (χ0n) is 8.50. The topological polar surface area (TPSA) is 12.5 Å². The fourth-order valence-corrected chi connectivity index (χ4v) is 1.67. The van der Waals surface area contributed by atoms with Crippen LogP contribution in [0, 0.1) is 6.07 Å². The predicted molar refractivity (Wildman–Crippen MR) is 53.3 cm³/mol. The van der Waals surface area contributed by atoms with Gasteiger partial charge in [0.15, 0.2) is 6.10 Å². The molecule has 1 fully saturated rings. The lowest BCUT2D eigenvalue weighted by molar-refractivity contribution is -0.221. The van der Waals surface area contributed by atoms with Crippen molar-refractivity contribution in [2.75, 3.05) is 24.6 Å². The number of hydrogen-bond donors (Lipinski definition) is 0. The lowest BCUT2D eigenvalue weighted by atomic mass is 10.2. The quantitative estimate of drug-likeness (QED) is 0.733. The Morgan fingerprint density at radius 1 is 1.31 bits per heavy atom. The summed E-state index contributed by atoms with van der Waals surface area (Å²) in [5, 5.41) is 0. The molecule has 1 unspecified atom stereocenters. The maximum Gasteiger partial charge on any atom is 0.416 e. The van der Waals surface area contributed by atoms with Crippen molar-refractivity contribution in [3.8, 4) is 0 Å². The second-order valence-electron chi connectivity index (χ2n) is 3.61. The largest absolute Gasteiger partial charge is 0.416 e. The van der Waals surface area contributed by atoms with Crippen molar-refractivity contribution in [1.29, 1.82) is 0 Å². The molecule has 0 saturated carbocycles. The Morgan fingerprint density at radius 2 is 2.00 bits per heavy atom. The Morgan fingerprint density at radius 3 is 2.62 bits per heavy atom. The maximum atomic E-state index is 12.5. The molecule has 87 valence electrons. The fourth-order valence-electron chi connectivity index (χ4n) is 1.67. The molecule has 1 aromatic carbocycles. The highest BCUT2D eigenvalue weighted by molar-refractivity contribution is 5.46. The number of hydrogen-bond acceptors (Lipinski definition) is 2. The van der Waals surface area contributed by atoms with E-state index in [1.165, 1.54) is 0 Å². The molecule has 2 nitrogen and oxygen atoms in total. The summed E-state index contributed by atoms with van der Waals surface area (Å²) in [5.41, 5.74) is 0.774. The SMILES string of the molecule is FC(F)(F)C1CN(c2cc[c]cc2)CCO1. The molecule has 1 aliphatic rings. The van der Waals surface area contributed by atoms with Crippen LogP contribution in [0.15, 0.2) is 24.3 Å². The number of anilines is 1. The molecule has 5 heteroatoms. The number of ether oxygens (including phenoxy) is 1. The molecule has 16 heavy (non-hydrogen) atoms. The molecule has 0 N–H and O–H groups in total. The zero-order valence-corrected chi connectivity index (χ0v) is 8.50. The average molecular weight is 230 g/mol. The molecular weight excluding hydrogens is 219 g/mol. The van der Waals surface area contributed by atoms with Crippen LogP contribution < -0.4 is 4.90 Å². The molecule has 1 aromatic rings. The normalized spacial score (nSPS) is 22.2. The van der Waals surface area contributed by atoms with Crippen molar-refractivity contribution >= 4 is 5.69 Å². The summed E-state index contributed by atoms with van der Waals surface area (Å²) in [6.45, 7) is 0.437. The first kappa shape index (κ1) is 11.3. The van der Waals surface area contributed by atoms with Gasteiger partial charge in [0, 0.05) is 12.2 Å². The van der Waals surface area contributed by atoms with Crippen LogP contribution in [0.2, 0.25) is 0 Å². The summed E-state index contributed by atoms with van der Waals surface area (Å²) < 4.78 is 42.1. The number of halogens is 3. The summed E-state index contributed by atoms with van der Waals surface area (Å²) in [6.07, 6.45) is -5.98. The van der Waals surface area contributed by atoms with E-state index in [1.54, 1.807) is 29.2 Å². The molecule has 0 spiro atoms. The van der Waals surface area contributed by atoms with Gasteiger partial charge in [0.1, 0.15) is 0 Å². The predicted octanol–water partition coefficient (Wildman–Crippen LogP) is 2.25. The number of morpholine rings is 1. The summed E-state index contributed by atoms with van der Waals surface area (Å²) in [4.78, 5) is 1.68. The fraction of sp³-hybridized carbons (Fsp3) is 0.455. The van der Waals surface area contributed by atoms with Crippen molar-refractivity contribution < 1.29 is 17.9 Å². The summed E-state index contributed by atoms with van der Waals surface area (Å²) in [5.74, 6) is 0. The van der Waals surface area contributed by atoms with Gasteiger partial charge >= 0.3 is 6.18 Å². The first-order chi connectivity index (χ1) is 7.57. The van der Waals surface area contributed by atoms with Crippen LogP contribution in [0.1, 0.15) is 0 Å². The van der Waals surface area contributed by atoms with Gasteiger partial charge in [-0.05, 0) is 18.2 Å². The Balaban J connectivity index is 2.08. The highest BCUT2D eigenvalue weighted by Crippen LogP contribution is 2.27. The molecular formula is C11H11F3NO. The Kier molecular flexibility index (Phi) is 3.05. The molecule has 1 heterocycles. The smallest absolute Gasteiger partial charge is 0.366 e.